The van der Waals surface area contributed by atoms with Crippen molar-refractivity contribution in [1.29, 1.82) is 0 Å². The zero-order valence-electron chi connectivity index (χ0n) is 12.7. The van der Waals surface area contributed by atoms with Crippen LogP contribution < -0.4 is 15.0 Å². The van der Waals surface area contributed by atoms with Gasteiger partial charge in [-0.05, 0) is 29.8 Å². The van der Waals surface area contributed by atoms with Gasteiger partial charge in [0.05, 0.1) is 0 Å². The third-order valence-corrected chi connectivity index (χ3v) is 3.11. The fraction of sp³-hybridized carbons (Fsp3) is 0.235. The zero-order chi connectivity index (χ0) is 15.9. The van der Waals surface area contributed by atoms with Crippen molar-refractivity contribution in [2.45, 2.75) is 6.54 Å². The molecule has 4 nitrogen and oxygen atoms in total. The second-order valence-corrected chi connectivity index (χ2v) is 5.06. The molecule has 0 bridgehead atoms. The lowest BCUT2D eigenvalue weighted by Gasteiger charge is -2.14. The molecule has 0 aliphatic heterocycles. The largest absolute Gasteiger partial charge is 0.481 e. The van der Waals surface area contributed by atoms with E-state index in [0.29, 0.717) is 6.54 Å². The summed E-state index contributed by atoms with van der Waals surface area (Å²) in [5, 5.41) is 2.75. The van der Waals surface area contributed by atoms with E-state index in [0.717, 1.165) is 11.3 Å². The third-order valence-electron chi connectivity index (χ3n) is 3.11. The average molecular weight is 302 g/mol. The van der Waals surface area contributed by atoms with Crippen molar-refractivity contribution in [3.63, 3.8) is 0 Å². The van der Waals surface area contributed by atoms with Gasteiger partial charge in [0.1, 0.15) is 0 Å². The zero-order valence-corrected chi connectivity index (χ0v) is 12.7. The van der Waals surface area contributed by atoms with Crippen LogP contribution in [-0.2, 0) is 11.3 Å². The summed E-state index contributed by atoms with van der Waals surface area (Å²) >= 11 is 0. The minimum atomic E-state index is -0.478. The predicted octanol–water partition coefficient (Wildman–Crippen LogP) is 2.59. The summed E-state index contributed by atoms with van der Waals surface area (Å²) in [5.41, 5.74) is 2.06. The molecule has 0 heterocycles. The normalized spacial score (nSPS) is 10.1. The number of benzene rings is 2. The molecule has 116 valence electrons. The van der Waals surface area contributed by atoms with Crippen molar-refractivity contribution in [2.75, 3.05) is 25.6 Å². The van der Waals surface area contributed by atoms with Gasteiger partial charge in [-0.2, -0.15) is 0 Å². The van der Waals surface area contributed by atoms with Crippen LogP contribution in [0.25, 0.3) is 0 Å². The van der Waals surface area contributed by atoms with Crippen molar-refractivity contribution in [1.82, 2.24) is 5.32 Å². The molecule has 0 aliphatic carbocycles. The molecular weight excluding hydrogens is 283 g/mol. The first-order chi connectivity index (χ1) is 10.6. The second kappa shape index (κ2) is 7.45. The fourth-order valence-electron chi connectivity index (χ4n) is 1.90. The first kappa shape index (κ1) is 15.8. The number of nitrogens with one attached hydrogen (secondary N) is 1. The molecule has 0 atom stereocenters. The molecule has 1 N–H and O–H groups in total. The number of hydrogen-bond acceptors (Lipinski definition) is 3. The number of rotatable bonds is 6. The summed E-state index contributed by atoms with van der Waals surface area (Å²) in [7, 11) is 3.92. The topological polar surface area (TPSA) is 41.6 Å². The highest BCUT2D eigenvalue weighted by Gasteiger charge is 2.06. The van der Waals surface area contributed by atoms with Crippen LogP contribution in [0.3, 0.4) is 0 Å². The molecule has 0 aliphatic rings. The van der Waals surface area contributed by atoms with E-state index in [1.54, 1.807) is 12.1 Å². The second-order valence-electron chi connectivity index (χ2n) is 5.06. The minimum absolute atomic E-state index is 0.0762. The summed E-state index contributed by atoms with van der Waals surface area (Å²) < 4.78 is 18.5. The maximum Gasteiger partial charge on any atom is 0.258 e. The van der Waals surface area contributed by atoms with Gasteiger partial charge in [-0.3, -0.25) is 4.79 Å². The lowest BCUT2D eigenvalue weighted by Crippen LogP contribution is -2.28. The smallest absolute Gasteiger partial charge is 0.258 e. The quantitative estimate of drug-likeness (QED) is 0.892. The number of para-hydroxylation sites is 1. The molecule has 22 heavy (non-hydrogen) atoms. The maximum atomic E-state index is 13.3. The number of nitrogens with zero attached hydrogens (tertiary/aromatic N) is 1. The molecule has 1 amide bonds. The van der Waals surface area contributed by atoms with Crippen molar-refractivity contribution in [2.24, 2.45) is 0 Å². The Bertz CT molecular complexity index is 644. The fourth-order valence-corrected chi connectivity index (χ4v) is 1.90. The van der Waals surface area contributed by atoms with Crippen molar-refractivity contribution >= 4 is 11.6 Å². The Morgan fingerprint density at radius 3 is 2.68 bits per heavy atom. The van der Waals surface area contributed by atoms with Gasteiger partial charge in [0.2, 0.25) is 0 Å². The van der Waals surface area contributed by atoms with Crippen molar-refractivity contribution in [3.8, 4) is 5.75 Å². The van der Waals surface area contributed by atoms with Crippen molar-refractivity contribution < 1.29 is 13.9 Å². The highest BCUT2D eigenvalue weighted by molar-refractivity contribution is 5.77. The molecule has 0 fully saturated rings. The Kier molecular flexibility index (Phi) is 5.36. The lowest BCUT2D eigenvalue weighted by molar-refractivity contribution is -0.123. The van der Waals surface area contributed by atoms with Gasteiger partial charge in [0.15, 0.2) is 18.2 Å². The first-order valence-electron chi connectivity index (χ1n) is 6.96. The van der Waals surface area contributed by atoms with Gasteiger partial charge in [-0.1, -0.05) is 24.3 Å². The predicted molar refractivity (Wildman–Crippen MR) is 84.5 cm³/mol. The molecule has 0 saturated carbocycles. The molecular formula is C17H19FN2O2. The highest BCUT2D eigenvalue weighted by Crippen LogP contribution is 2.15. The number of anilines is 1. The van der Waals surface area contributed by atoms with Gasteiger partial charge < -0.3 is 15.0 Å². The Balaban J connectivity index is 1.83. The molecule has 0 aromatic heterocycles. The van der Waals surface area contributed by atoms with Gasteiger partial charge in [-0.15, -0.1) is 0 Å². The number of amides is 1. The number of ether oxygens (including phenoxy) is 1. The number of carbonyl (C=O) groups excluding carboxylic acids is 1. The molecule has 5 heteroatoms. The molecule has 2 rings (SSSR count). The lowest BCUT2D eigenvalue weighted by atomic mass is 10.2. The van der Waals surface area contributed by atoms with E-state index in [4.69, 9.17) is 4.74 Å². The first-order valence-corrected chi connectivity index (χ1v) is 6.96. The van der Waals surface area contributed by atoms with Crippen molar-refractivity contribution in [3.05, 3.63) is 59.9 Å². The molecule has 0 saturated heterocycles. The Morgan fingerprint density at radius 1 is 1.18 bits per heavy atom. The van der Waals surface area contributed by atoms with Gasteiger partial charge in [-0.25, -0.2) is 4.39 Å². The SMILES string of the molecule is CN(C)c1cccc(CNC(=O)COc2ccccc2F)c1. The van der Waals surface area contributed by atoms with Gasteiger partial charge in [0, 0.05) is 26.3 Å². The summed E-state index contributed by atoms with van der Waals surface area (Å²) in [4.78, 5) is 13.7. The van der Waals surface area contributed by atoms with E-state index in [2.05, 4.69) is 5.32 Å². The van der Waals surface area contributed by atoms with E-state index in [-0.39, 0.29) is 18.3 Å². The Morgan fingerprint density at radius 2 is 1.95 bits per heavy atom. The molecule has 2 aromatic carbocycles. The molecule has 0 spiro atoms. The van der Waals surface area contributed by atoms with Crippen LogP contribution in [0.5, 0.6) is 5.75 Å². The maximum absolute atomic E-state index is 13.3. The number of carbonyl (C=O) groups is 1. The average Bonchev–Trinajstić information content (AvgIpc) is 2.52. The summed E-state index contributed by atoms with van der Waals surface area (Å²) in [5.74, 6) is -0.695. The van der Waals surface area contributed by atoms with Crippen LogP contribution in [0.15, 0.2) is 48.5 Å². The number of hydrogen-bond donors (Lipinski definition) is 1. The van der Waals surface area contributed by atoms with Crippen LogP contribution in [0, 0.1) is 5.82 Å². The standard InChI is InChI=1S/C17H19FN2O2/c1-20(2)14-7-5-6-13(10-14)11-19-17(21)12-22-16-9-4-3-8-15(16)18/h3-10H,11-12H2,1-2H3,(H,19,21). The summed E-state index contributed by atoms with van der Waals surface area (Å²) in [6.07, 6.45) is 0. The van der Waals surface area contributed by atoms with E-state index in [1.807, 2.05) is 43.3 Å². The van der Waals surface area contributed by atoms with Crippen LogP contribution in [-0.4, -0.2) is 26.6 Å². The van der Waals surface area contributed by atoms with Crippen LogP contribution >= 0.6 is 0 Å². The highest BCUT2D eigenvalue weighted by atomic mass is 19.1. The van der Waals surface area contributed by atoms with E-state index in [1.165, 1.54) is 12.1 Å². The summed E-state index contributed by atoms with van der Waals surface area (Å²) in [6.45, 7) is 0.190. The minimum Gasteiger partial charge on any atom is -0.481 e. The monoisotopic (exact) mass is 302 g/mol. The Labute approximate surface area is 129 Å². The van der Waals surface area contributed by atoms with Crippen LogP contribution in [0.4, 0.5) is 10.1 Å². The third kappa shape index (κ3) is 4.48. The number of halogens is 1. The van der Waals surface area contributed by atoms with E-state index in [9.17, 15) is 9.18 Å². The molecule has 0 radical (unpaired) electrons. The molecule has 2 aromatic rings. The van der Waals surface area contributed by atoms with Gasteiger partial charge in [0.25, 0.3) is 5.91 Å². The van der Waals surface area contributed by atoms with E-state index >= 15 is 0 Å². The van der Waals surface area contributed by atoms with E-state index < -0.39 is 5.82 Å². The Hall–Kier alpha value is -2.56. The molecule has 0 unspecified atom stereocenters. The van der Waals surface area contributed by atoms with Crippen LogP contribution in [0.1, 0.15) is 5.56 Å². The van der Waals surface area contributed by atoms with Gasteiger partial charge >= 0.3 is 0 Å². The van der Waals surface area contributed by atoms with Crippen LogP contribution in [0.2, 0.25) is 0 Å². The summed E-state index contributed by atoms with van der Waals surface area (Å²) in [6, 6.07) is 13.9.